The highest BCUT2D eigenvalue weighted by Gasteiger charge is 2.35. The van der Waals surface area contributed by atoms with Crippen molar-refractivity contribution in [2.75, 3.05) is 19.7 Å². The van der Waals surface area contributed by atoms with Crippen molar-refractivity contribution in [3.8, 4) is 0 Å². The summed E-state index contributed by atoms with van der Waals surface area (Å²) >= 11 is 0. The minimum Gasteiger partial charge on any atom is -0.368 e. The molecular formula is C8H13NO2. The number of carbonyl (C=O) groups excluding carboxylic acids is 1. The molecule has 0 bridgehead atoms. The number of ketones is 1. The molecule has 1 saturated heterocycles. The van der Waals surface area contributed by atoms with Crippen LogP contribution in [0.15, 0.2) is 0 Å². The summed E-state index contributed by atoms with van der Waals surface area (Å²) in [5.74, 6) is 0.650. The molecule has 0 aromatic carbocycles. The first-order valence-electron chi connectivity index (χ1n) is 4.24. The molecule has 0 spiro atoms. The second kappa shape index (κ2) is 2.91. The van der Waals surface area contributed by atoms with Crippen molar-refractivity contribution in [1.82, 2.24) is 5.32 Å². The van der Waals surface area contributed by atoms with Gasteiger partial charge in [0.1, 0.15) is 6.10 Å². The largest absolute Gasteiger partial charge is 0.368 e. The summed E-state index contributed by atoms with van der Waals surface area (Å²) in [6.07, 6.45) is 2.02. The highest BCUT2D eigenvalue weighted by molar-refractivity contribution is 5.87. The van der Waals surface area contributed by atoms with E-state index in [1.54, 1.807) is 0 Å². The molecule has 62 valence electrons. The zero-order valence-corrected chi connectivity index (χ0v) is 6.51. The zero-order chi connectivity index (χ0) is 7.68. The lowest BCUT2D eigenvalue weighted by molar-refractivity contribution is -0.133. The molecule has 1 aliphatic heterocycles. The Hall–Kier alpha value is -0.410. The summed E-state index contributed by atoms with van der Waals surface area (Å²) in [5, 5.41) is 3.15. The van der Waals surface area contributed by atoms with E-state index >= 15 is 0 Å². The first-order chi connectivity index (χ1) is 5.38. The molecule has 0 unspecified atom stereocenters. The van der Waals surface area contributed by atoms with E-state index in [1.807, 2.05) is 0 Å². The number of Topliss-reactive ketones (excluding diaryl/α,β-unsaturated/α-hetero) is 1. The third-order valence-corrected chi connectivity index (χ3v) is 2.22. The van der Waals surface area contributed by atoms with Gasteiger partial charge in [-0.05, 0) is 12.8 Å². The van der Waals surface area contributed by atoms with E-state index in [-0.39, 0.29) is 6.10 Å². The molecule has 0 aromatic rings. The van der Waals surface area contributed by atoms with E-state index < -0.39 is 0 Å². The SMILES string of the molecule is O=C(C1CC1)[C@@H]1CNCCO1. The van der Waals surface area contributed by atoms with Crippen LogP contribution >= 0.6 is 0 Å². The van der Waals surface area contributed by atoms with Crippen LogP contribution in [0.2, 0.25) is 0 Å². The molecule has 0 amide bonds. The number of hydrogen-bond acceptors (Lipinski definition) is 3. The van der Waals surface area contributed by atoms with Crippen LogP contribution in [0.1, 0.15) is 12.8 Å². The molecule has 1 saturated carbocycles. The van der Waals surface area contributed by atoms with Crippen molar-refractivity contribution >= 4 is 5.78 Å². The van der Waals surface area contributed by atoms with Crippen molar-refractivity contribution in [2.24, 2.45) is 5.92 Å². The Morgan fingerprint density at radius 2 is 2.27 bits per heavy atom. The van der Waals surface area contributed by atoms with Crippen LogP contribution in [0.5, 0.6) is 0 Å². The molecule has 1 atom stereocenters. The molecule has 11 heavy (non-hydrogen) atoms. The predicted octanol–water partition coefficient (Wildman–Crippen LogP) is -0.0461. The van der Waals surface area contributed by atoms with Gasteiger partial charge in [-0.1, -0.05) is 0 Å². The number of nitrogens with one attached hydrogen (secondary N) is 1. The Balaban J connectivity index is 1.86. The van der Waals surface area contributed by atoms with Crippen molar-refractivity contribution in [1.29, 1.82) is 0 Å². The van der Waals surface area contributed by atoms with Gasteiger partial charge in [-0.25, -0.2) is 0 Å². The summed E-state index contributed by atoms with van der Waals surface area (Å²) < 4.78 is 5.33. The summed E-state index contributed by atoms with van der Waals surface area (Å²) in [5.41, 5.74) is 0. The van der Waals surface area contributed by atoms with Gasteiger partial charge in [0.15, 0.2) is 5.78 Å². The van der Waals surface area contributed by atoms with Gasteiger partial charge < -0.3 is 10.1 Å². The summed E-state index contributed by atoms with van der Waals surface area (Å²) in [7, 11) is 0. The minimum absolute atomic E-state index is 0.142. The van der Waals surface area contributed by atoms with Gasteiger partial charge in [0.25, 0.3) is 0 Å². The fraction of sp³-hybridized carbons (Fsp3) is 0.875. The minimum atomic E-state index is -0.142. The topological polar surface area (TPSA) is 38.3 Å². The van der Waals surface area contributed by atoms with Crippen LogP contribution in [-0.4, -0.2) is 31.6 Å². The Morgan fingerprint density at radius 3 is 2.82 bits per heavy atom. The van der Waals surface area contributed by atoms with Gasteiger partial charge >= 0.3 is 0 Å². The monoisotopic (exact) mass is 155 g/mol. The van der Waals surface area contributed by atoms with Crippen molar-refractivity contribution in [3.05, 3.63) is 0 Å². The number of morpholine rings is 1. The third-order valence-electron chi connectivity index (χ3n) is 2.22. The number of rotatable bonds is 2. The maximum atomic E-state index is 11.4. The Bertz CT molecular complexity index is 159. The average Bonchev–Trinajstić information content (AvgIpc) is 2.87. The molecule has 2 fully saturated rings. The van der Waals surface area contributed by atoms with E-state index in [0.29, 0.717) is 18.3 Å². The van der Waals surface area contributed by atoms with Crippen molar-refractivity contribution in [3.63, 3.8) is 0 Å². The van der Waals surface area contributed by atoms with Crippen LogP contribution in [0.25, 0.3) is 0 Å². The second-order valence-electron chi connectivity index (χ2n) is 3.24. The van der Waals surface area contributed by atoms with Gasteiger partial charge in [0.05, 0.1) is 6.61 Å². The molecule has 3 heteroatoms. The standard InChI is InChI=1S/C8H13NO2/c10-8(6-1-2-6)7-5-9-3-4-11-7/h6-7,9H,1-5H2/t7-/m0/s1. The van der Waals surface area contributed by atoms with Crippen LogP contribution in [0, 0.1) is 5.92 Å². The van der Waals surface area contributed by atoms with Gasteiger partial charge in [0.2, 0.25) is 0 Å². The van der Waals surface area contributed by atoms with E-state index in [2.05, 4.69) is 5.32 Å². The normalized spacial score (nSPS) is 31.8. The Labute approximate surface area is 66.1 Å². The predicted molar refractivity (Wildman–Crippen MR) is 40.3 cm³/mol. The quantitative estimate of drug-likeness (QED) is 0.607. The first kappa shape index (κ1) is 7.25. The fourth-order valence-corrected chi connectivity index (χ4v) is 1.38. The lowest BCUT2D eigenvalue weighted by Crippen LogP contribution is -2.43. The molecule has 2 aliphatic rings. The number of carbonyl (C=O) groups is 1. The molecule has 3 nitrogen and oxygen atoms in total. The van der Waals surface area contributed by atoms with Gasteiger partial charge in [-0.15, -0.1) is 0 Å². The van der Waals surface area contributed by atoms with Crippen molar-refractivity contribution in [2.45, 2.75) is 18.9 Å². The lowest BCUT2D eigenvalue weighted by Gasteiger charge is -2.22. The average molecular weight is 155 g/mol. The Morgan fingerprint density at radius 1 is 1.45 bits per heavy atom. The van der Waals surface area contributed by atoms with Gasteiger partial charge in [0, 0.05) is 19.0 Å². The van der Waals surface area contributed by atoms with Gasteiger partial charge in [-0.3, -0.25) is 4.79 Å². The molecule has 1 N–H and O–H groups in total. The van der Waals surface area contributed by atoms with Crippen LogP contribution < -0.4 is 5.32 Å². The van der Waals surface area contributed by atoms with Gasteiger partial charge in [-0.2, -0.15) is 0 Å². The smallest absolute Gasteiger partial charge is 0.165 e. The zero-order valence-electron chi connectivity index (χ0n) is 6.51. The van der Waals surface area contributed by atoms with Crippen LogP contribution in [0.4, 0.5) is 0 Å². The Kier molecular flexibility index (Phi) is 1.92. The van der Waals surface area contributed by atoms with Crippen LogP contribution in [-0.2, 0) is 9.53 Å². The maximum Gasteiger partial charge on any atom is 0.165 e. The molecule has 0 radical (unpaired) electrons. The molecule has 1 aliphatic carbocycles. The fourth-order valence-electron chi connectivity index (χ4n) is 1.38. The maximum absolute atomic E-state index is 11.4. The van der Waals surface area contributed by atoms with E-state index in [0.717, 1.165) is 25.9 Å². The summed E-state index contributed by atoms with van der Waals surface area (Å²) in [4.78, 5) is 11.4. The highest BCUT2D eigenvalue weighted by atomic mass is 16.5. The second-order valence-corrected chi connectivity index (χ2v) is 3.24. The van der Waals surface area contributed by atoms with E-state index in [9.17, 15) is 4.79 Å². The summed E-state index contributed by atoms with van der Waals surface area (Å²) in [6, 6.07) is 0. The van der Waals surface area contributed by atoms with Crippen LogP contribution in [0.3, 0.4) is 0 Å². The molecular weight excluding hydrogens is 142 g/mol. The highest BCUT2D eigenvalue weighted by Crippen LogP contribution is 2.31. The number of hydrogen-bond donors (Lipinski definition) is 1. The first-order valence-corrected chi connectivity index (χ1v) is 4.24. The number of ether oxygens (including phenoxy) is 1. The van der Waals surface area contributed by atoms with Crippen molar-refractivity contribution < 1.29 is 9.53 Å². The molecule has 0 aromatic heterocycles. The summed E-state index contributed by atoms with van der Waals surface area (Å²) in [6.45, 7) is 2.28. The van der Waals surface area contributed by atoms with E-state index in [1.165, 1.54) is 0 Å². The van der Waals surface area contributed by atoms with E-state index in [4.69, 9.17) is 4.74 Å². The third kappa shape index (κ3) is 1.60. The lowest BCUT2D eigenvalue weighted by atomic mass is 10.1. The molecule has 2 rings (SSSR count). The molecule has 1 heterocycles.